The van der Waals surface area contributed by atoms with Crippen molar-refractivity contribution < 1.29 is 17.9 Å². The van der Waals surface area contributed by atoms with Gasteiger partial charge in [-0.1, -0.05) is 17.7 Å². The third kappa shape index (κ3) is 5.08. The molecule has 1 rings (SSSR count). The number of rotatable bonds is 6. The fourth-order valence-electron chi connectivity index (χ4n) is 1.64. The summed E-state index contributed by atoms with van der Waals surface area (Å²) in [5.74, 6) is 0. The number of hydrogen-bond donors (Lipinski definition) is 1. The minimum Gasteiger partial charge on any atom is -0.450 e. The summed E-state index contributed by atoms with van der Waals surface area (Å²) in [6.45, 7) is 4.24. The summed E-state index contributed by atoms with van der Waals surface area (Å²) in [6.07, 6.45) is 0.585. The van der Waals surface area contributed by atoms with E-state index < -0.39 is 16.1 Å². The van der Waals surface area contributed by atoms with Crippen LogP contribution in [0.4, 0.5) is 10.5 Å². The van der Waals surface area contributed by atoms with E-state index in [1.165, 1.54) is 4.31 Å². The van der Waals surface area contributed by atoms with Crippen molar-refractivity contribution in [3.8, 4) is 0 Å². The highest BCUT2D eigenvalue weighted by atomic mass is 32.2. The topological polar surface area (TPSA) is 75.7 Å². The molecule has 1 aromatic rings. The average molecular weight is 300 g/mol. The number of ether oxygens (including phenoxy) is 1. The molecule has 0 aliphatic rings. The minimum atomic E-state index is -3.40. The average Bonchev–Trinajstić information content (AvgIpc) is 2.35. The highest BCUT2D eigenvalue weighted by Gasteiger charge is 2.17. The molecule has 0 aliphatic carbocycles. The Morgan fingerprint density at radius 1 is 1.30 bits per heavy atom. The molecule has 0 saturated carbocycles. The largest absolute Gasteiger partial charge is 0.450 e. The number of benzene rings is 1. The van der Waals surface area contributed by atoms with E-state index in [1.54, 1.807) is 19.1 Å². The summed E-state index contributed by atoms with van der Waals surface area (Å²) >= 11 is 0. The van der Waals surface area contributed by atoms with Gasteiger partial charge in [-0.15, -0.1) is 0 Å². The van der Waals surface area contributed by atoms with E-state index in [2.05, 4.69) is 5.32 Å². The van der Waals surface area contributed by atoms with Crippen molar-refractivity contribution in [3.05, 3.63) is 29.8 Å². The third-order valence-electron chi connectivity index (χ3n) is 2.58. The van der Waals surface area contributed by atoms with Gasteiger partial charge in [-0.2, -0.15) is 0 Å². The first-order valence-corrected chi connectivity index (χ1v) is 8.14. The first kappa shape index (κ1) is 16.3. The lowest BCUT2D eigenvalue weighted by Gasteiger charge is -2.22. The molecular formula is C13H20N2O4S. The summed E-state index contributed by atoms with van der Waals surface area (Å²) in [4.78, 5) is 11.2. The van der Waals surface area contributed by atoms with Crippen LogP contribution < -0.4 is 9.62 Å². The van der Waals surface area contributed by atoms with Crippen molar-refractivity contribution in [2.45, 2.75) is 13.8 Å². The van der Waals surface area contributed by atoms with Gasteiger partial charge in [0.2, 0.25) is 10.0 Å². The van der Waals surface area contributed by atoms with Crippen LogP contribution in [-0.4, -0.2) is 40.5 Å². The lowest BCUT2D eigenvalue weighted by Crippen LogP contribution is -2.38. The first-order chi connectivity index (χ1) is 9.34. The van der Waals surface area contributed by atoms with Crippen molar-refractivity contribution in [1.82, 2.24) is 5.32 Å². The van der Waals surface area contributed by atoms with Gasteiger partial charge >= 0.3 is 6.09 Å². The Bertz CT molecular complexity index is 540. The standard InChI is InChI=1S/C13H20N2O4S/c1-4-19-13(16)14-9-10-15(20(3,17)18)12-7-5-11(2)6-8-12/h5-8H,4,9-10H2,1-3H3,(H,14,16). The van der Waals surface area contributed by atoms with E-state index in [4.69, 9.17) is 4.74 Å². The molecule has 0 radical (unpaired) electrons. The predicted molar refractivity (Wildman–Crippen MR) is 78.4 cm³/mol. The van der Waals surface area contributed by atoms with E-state index in [-0.39, 0.29) is 19.7 Å². The Labute approximate surface area is 119 Å². The number of carbonyl (C=O) groups is 1. The Balaban J connectivity index is 2.72. The van der Waals surface area contributed by atoms with Gasteiger partial charge in [0, 0.05) is 6.54 Å². The molecule has 112 valence electrons. The van der Waals surface area contributed by atoms with Crippen molar-refractivity contribution in [1.29, 1.82) is 0 Å². The fourth-order valence-corrected chi connectivity index (χ4v) is 2.57. The van der Waals surface area contributed by atoms with Crippen molar-refractivity contribution in [2.24, 2.45) is 0 Å². The van der Waals surface area contributed by atoms with Gasteiger partial charge in [0.15, 0.2) is 0 Å². The molecule has 0 fully saturated rings. The van der Waals surface area contributed by atoms with E-state index in [0.29, 0.717) is 5.69 Å². The SMILES string of the molecule is CCOC(=O)NCCN(c1ccc(C)cc1)S(C)(=O)=O. The van der Waals surface area contributed by atoms with Gasteiger partial charge < -0.3 is 10.1 Å². The van der Waals surface area contributed by atoms with E-state index in [0.717, 1.165) is 11.8 Å². The molecule has 7 heteroatoms. The smallest absolute Gasteiger partial charge is 0.407 e. The number of sulfonamides is 1. The van der Waals surface area contributed by atoms with Crippen LogP contribution in [0.15, 0.2) is 24.3 Å². The number of nitrogens with one attached hydrogen (secondary N) is 1. The van der Waals surface area contributed by atoms with Crippen molar-refractivity contribution in [2.75, 3.05) is 30.3 Å². The second kappa shape index (κ2) is 7.14. The molecule has 1 N–H and O–H groups in total. The highest BCUT2D eigenvalue weighted by molar-refractivity contribution is 7.92. The summed E-state index contributed by atoms with van der Waals surface area (Å²) in [5, 5.41) is 2.50. The Kier molecular flexibility index (Phi) is 5.82. The number of hydrogen-bond acceptors (Lipinski definition) is 4. The molecule has 1 amide bonds. The molecule has 0 spiro atoms. The lowest BCUT2D eigenvalue weighted by atomic mass is 10.2. The Morgan fingerprint density at radius 3 is 2.40 bits per heavy atom. The molecule has 0 unspecified atom stereocenters. The van der Waals surface area contributed by atoms with Gasteiger partial charge in [0.05, 0.1) is 25.1 Å². The summed E-state index contributed by atoms with van der Waals surface area (Å²) in [6, 6.07) is 7.15. The van der Waals surface area contributed by atoms with Gasteiger partial charge in [-0.05, 0) is 26.0 Å². The molecule has 0 atom stereocenters. The van der Waals surface area contributed by atoms with Crippen molar-refractivity contribution in [3.63, 3.8) is 0 Å². The van der Waals surface area contributed by atoms with Crippen LogP contribution in [0.25, 0.3) is 0 Å². The summed E-state index contributed by atoms with van der Waals surface area (Å²) in [5.41, 5.74) is 1.62. The number of alkyl carbamates (subject to hydrolysis) is 1. The number of nitrogens with zero attached hydrogens (tertiary/aromatic N) is 1. The van der Waals surface area contributed by atoms with Crippen LogP contribution in [0.3, 0.4) is 0 Å². The molecule has 0 bridgehead atoms. The Hall–Kier alpha value is -1.76. The predicted octanol–water partition coefficient (Wildman–Crippen LogP) is 1.51. The maximum absolute atomic E-state index is 11.8. The van der Waals surface area contributed by atoms with E-state index in [1.807, 2.05) is 19.1 Å². The molecule has 0 saturated heterocycles. The van der Waals surface area contributed by atoms with Crippen LogP contribution in [-0.2, 0) is 14.8 Å². The zero-order valence-electron chi connectivity index (χ0n) is 11.9. The third-order valence-corrected chi connectivity index (χ3v) is 3.78. The normalized spacial score (nSPS) is 10.9. The van der Waals surface area contributed by atoms with Gasteiger partial charge in [-0.25, -0.2) is 13.2 Å². The molecule has 0 aliphatic heterocycles. The Morgan fingerprint density at radius 2 is 1.90 bits per heavy atom. The van der Waals surface area contributed by atoms with Crippen molar-refractivity contribution >= 4 is 21.8 Å². The van der Waals surface area contributed by atoms with Gasteiger partial charge in [0.1, 0.15) is 0 Å². The highest BCUT2D eigenvalue weighted by Crippen LogP contribution is 2.17. The van der Waals surface area contributed by atoms with Gasteiger partial charge in [-0.3, -0.25) is 4.31 Å². The van der Waals surface area contributed by atoms with Crippen LogP contribution in [0.5, 0.6) is 0 Å². The maximum Gasteiger partial charge on any atom is 0.407 e. The molecule has 0 aromatic heterocycles. The second-order valence-corrected chi connectivity index (χ2v) is 6.22. The number of aryl methyl sites for hydroxylation is 1. The molecule has 0 heterocycles. The minimum absolute atomic E-state index is 0.153. The number of carbonyl (C=O) groups excluding carboxylic acids is 1. The number of anilines is 1. The van der Waals surface area contributed by atoms with Crippen LogP contribution >= 0.6 is 0 Å². The molecular weight excluding hydrogens is 280 g/mol. The molecule has 1 aromatic carbocycles. The van der Waals surface area contributed by atoms with E-state index >= 15 is 0 Å². The van der Waals surface area contributed by atoms with Gasteiger partial charge in [0.25, 0.3) is 0 Å². The lowest BCUT2D eigenvalue weighted by molar-refractivity contribution is 0.152. The van der Waals surface area contributed by atoms with Crippen LogP contribution in [0.1, 0.15) is 12.5 Å². The first-order valence-electron chi connectivity index (χ1n) is 6.29. The molecule has 20 heavy (non-hydrogen) atoms. The quantitative estimate of drug-likeness (QED) is 0.864. The van der Waals surface area contributed by atoms with Crippen LogP contribution in [0, 0.1) is 6.92 Å². The zero-order chi connectivity index (χ0) is 15.2. The monoisotopic (exact) mass is 300 g/mol. The second-order valence-electron chi connectivity index (χ2n) is 4.32. The van der Waals surface area contributed by atoms with Crippen LogP contribution in [0.2, 0.25) is 0 Å². The molecule has 6 nitrogen and oxygen atoms in total. The maximum atomic E-state index is 11.8. The fraction of sp³-hybridized carbons (Fsp3) is 0.462. The van der Waals surface area contributed by atoms with E-state index in [9.17, 15) is 13.2 Å². The summed E-state index contributed by atoms with van der Waals surface area (Å²) in [7, 11) is -3.40. The zero-order valence-corrected chi connectivity index (χ0v) is 12.7. The summed E-state index contributed by atoms with van der Waals surface area (Å²) < 4.78 is 29.6. The number of amides is 1.